The summed E-state index contributed by atoms with van der Waals surface area (Å²) in [7, 11) is -3.88. The monoisotopic (exact) mass is 316 g/mol. The molecule has 0 aliphatic rings. The van der Waals surface area contributed by atoms with E-state index in [4.69, 9.17) is 9.68 Å². The van der Waals surface area contributed by atoms with Gasteiger partial charge in [0.25, 0.3) is 15.1 Å². The minimum Gasteiger partial charge on any atom is -0.428 e. The molecule has 1 aromatic carbocycles. The molecule has 0 bridgehead atoms. The van der Waals surface area contributed by atoms with Crippen molar-refractivity contribution < 1.29 is 12.8 Å². The summed E-state index contributed by atoms with van der Waals surface area (Å²) in [6.07, 6.45) is 2.70. The maximum Gasteiger partial charge on any atom is 0.297 e. The van der Waals surface area contributed by atoms with Crippen molar-refractivity contribution >= 4 is 26.6 Å². The minimum atomic E-state index is -3.88. The van der Waals surface area contributed by atoms with E-state index in [1.807, 2.05) is 6.92 Å². The van der Waals surface area contributed by atoms with E-state index in [0.717, 1.165) is 11.8 Å². The van der Waals surface area contributed by atoms with Crippen LogP contribution in [-0.2, 0) is 10.0 Å². The standard InChI is InChI=1S/C14H12N4O3S/c1-8-3-4-11(14-13(8)10(5-15)6-17-14)18-22(19,20)12-7-16-9(2)21-12/h3-4,6-7,17-18H,1-2H3. The topological polar surface area (TPSA) is 112 Å². The van der Waals surface area contributed by atoms with E-state index in [1.54, 1.807) is 25.3 Å². The van der Waals surface area contributed by atoms with Crippen molar-refractivity contribution in [3.63, 3.8) is 0 Å². The molecule has 0 radical (unpaired) electrons. The largest absolute Gasteiger partial charge is 0.428 e. The zero-order chi connectivity index (χ0) is 15.9. The molecular formula is C14H12N4O3S. The molecule has 3 rings (SSSR count). The molecule has 0 spiro atoms. The number of rotatable bonds is 3. The van der Waals surface area contributed by atoms with Gasteiger partial charge in [0.15, 0.2) is 5.89 Å². The number of H-pyrrole nitrogens is 1. The molecule has 2 aromatic heterocycles. The van der Waals surface area contributed by atoms with Crippen LogP contribution in [0.25, 0.3) is 10.9 Å². The summed E-state index contributed by atoms with van der Waals surface area (Å²) < 4.78 is 32.1. The lowest BCUT2D eigenvalue weighted by molar-refractivity contribution is 0.424. The third kappa shape index (κ3) is 2.21. The Hall–Kier alpha value is -2.79. The van der Waals surface area contributed by atoms with E-state index < -0.39 is 10.0 Å². The Labute approximate surface area is 126 Å². The Morgan fingerprint density at radius 2 is 2.14 bits per heavy atom. The van der Waals surface area contributed by atoms with Crippen LogP contribution in [0.2, 0.25) is 0 Å². The SMILES string of the molecule is Cc1ncc(S(=O)(=O)Nc2ccc(C)c3c(C#N)c[nH]c23)o1. The third-order valence-corrected chi connectivity index (χ3v) is 4.48. The van der Waals surface area contributed by atoms with Gasteiger partial charge in [-0.3, -0.25) is 4.72 Å². The highest BCUT2D eigenvalue weighted by Crippen LogP contribution is 2.29. The number of hydrogen-bond acceptors (Lipinski definition) is 5. The lowest BCUT2D eigenvalue weighted by Gasteiger charge is -2.08. The Morgan fingerprint density at radius 3 is 2.77 bits per heavy atom. The van der Waals surface area contributed by atoms with Gasteiger partial charge in [0, 0.05) is 18.5 Å². The molecule has 0 fully saturated rings. The lowest BCUT2D eigenvalue weighted by Crippen LogP contribution is -2.12. The van der Waals surface area contributed by atoms with E-state index in [2.05, 4.69) is 20.8 Å². The fourth-order valence-electron chi connectivity index (χ4n) is 2.25. The smallest absolute Gasteiger partial charge is 0.297 e. The number of nitrogens with one attached hydrogen (secondary N) is 2. The van der Waals surface area contributed by atoms with E-state index in [9.17, 15) is 8.42 Å². The Balaban J connectivity index is 2.11. The number of fused-ring (bicyclic) bond motifs is 1. The molecule has 0 aliphatic heterocycles. The highest BCUT2D eigenvalue weighted by atomic mass is 32.2. The fourth-order valence-corrected chi connectivity index (χ4v) is 3.24. The van der Waals surface area contributed by atoms with E-state index in [0.29, 0.717) is 22.2 Å². The van der Waals surface area contributed by atoms with Crippen LogP contribution in [0.15, 0.2) is 34.0 Å². The summed E-state index contributed by atoms with van der Waals surface area (Å²) in [4.78, 5) is 6.71. The van der Waals surface area contributed by atoms with Crippen molar-refractivity contribution in [1.29, 1.82) is 5.26 Å². The highest BCUT2D eigenvalue weighted by Gasteiger charge is 2.21. The number of aromatic amines is 1. The van der Waals surface area contributed by atoms with Gasteiger partial charge in [-0.05, 0) is 18.6 Å². The lowest BCUT2D eigenvalue weighted by atomic mass is 10.1. The molecular weight excluding hydrogens is 304 g/mol. The van der Waals surface area contributed by atoms with Gasteiger partial charge in [0.1, 0.15) is 6.07 Å². The second-order valence-electron chi connectivity index (χ2n) is 4.80. The molecule has 2 heterocycles. The van der Waals surface area contributed by atoms with Crippen molar-refractivity contribution in [3.8, 4) is 6.07 Å². The van der Waals surface area contributed by atoms with Gasteiger partial charge in [-0.15, -0.1) is 0 Å². The summed E-state index contributed by atoms with van der Waals surface area (Å²) in [6, 6.07) is 5.46. The summed E-state index contributed by atoms with van der Waals surface area (Å²) in [5, 5.41) is 9.55. The van der Waals surface area contributed by atoms with Crippen LogP contribution >= 0.6 is 0 Å². The van der Waals surface area contributed by atoms with E-state index >= 15 is 0 Å². The van der Waals surface area contributed by atoms with Gasteiger partial charge in [0.2, 0.25) is 0 Å². The van der Waals surface area contributed by atoms with Crippen LogP contribution in [0.1, 0.15) is 17.0 Å². The summed E-state index contributed by atoms with van der Waals surface area (Å²) >= 11 is 0. The average Bonchev–Trinajstić information content (AvgIpc) is 3.08. The predicted molar refractivity (Wildman–Crippen MR) is 79.8 cm³/mol. The Kier molecular flexibility index (Phi) is 3.15. The molecule has 8 heteroatoms. The number of nitrogens with zero attached hydrogens (tertiary/aromatic N) is 2. The number of anilines is 1. The second-order valence-corrected chi connectivity index (χ2v) is 6.41. The molecule has 0 amide bonds. The zero-order valence-electron chi connectivity index (χ0n) is 11.8. The minimum absolute atomic E-state index is 0.259. The van der Waals surface area contributed by atoms with Crippen molar-refractivity contribution in [2.75, 3.05) is 4.72 Å². The first-order chi connectivity index (χ1) is 10.4. The first kappa shape index (κ1) is 14.2. The van der Waals surface area contributed by atoms with Crippen LogP contribution in [0, 0.1) is 25.2 Å². The molecule has 7 nitrogen and oxygen atoms in total. The first-order valence-corrected chi connectivity index (χ1v) is 7.87. The highest BCUT2D eigenvalue weighted by molar-refractivity contribution is 7.92. The summed E-state index contributed by atoms with van der Waals surface area (Å²) in [5.74, 6) is 0.265. The number of hydrogen-bond donors (Lipinski definition) is 2. The molecule has 112 valence electrons. The second kappa shape index (κ2) is 4.89. The van der Waals surface area contributed by atoms with Crippen LogP contribution in [0.3, 0.4) is 0 Å². The molecule has 22 heavy (non-hydrogen) atoms. The van der Waals surface area contributed by atoms with Gasteiger partial charge >= 0.3 is 0 Å². The zero-order valence-corrected chi connectivity index (χ0v) is 12.7. The summed E-state index contributed by atoms with van der Waals surface area (Å²) in [5.41, 5.74) is 2.24. The van der Waals surface area contributed by atoms with E-state index in [1.165, 1.54) is 0 Å². The van der Waals surface area contributed by atoms with E-state index in [-0.39, 0.29) is 11.0 Å². The summed E-state index contributed by atoms with van der Waals surface area (Å²) in [6.45, 7) is 3.42. The molecule has 0 unspecified atom stereocenters. The van der Waals surface area contributed by atoms with Crippen LogP contribution in [-0.4, -0.2) is 18.4 Å². The predicted octanol–water partition coefficient (Wildman–Crippen LogP) is 2.45. The normalized spacial score (nSPS) is 11.5. The van der Waals surface area contributed by atoms with Crippen molar-refractivity contribution in [2.45, 2.75) is 18.9 Å². The molecule has 0 aliphatic carbocycles. The number of benzene rings is 1. The molecule has 2 N–H and O–H groups in total. The van der Waals surface area contributed by atoms with Crippen molar-refractivity contribution in [2.24, 2.45) is 0 Å². The van der Waals surface area contributed by atoms with Gasteiger partial charge in [-0.1, -0.05) is 6.07 Å². The number of aryl methyl sites for hydroxylation is 2. The number of sulfonamides is 1. The van der Waals surface area contributed by atoms with Crippen LogP contribution in [0.5, 0.6) is 0 Å². The Bertz CT molecular complexity index is 1010. The van der Waals surface area contributed by atoms with Gasteiger partial charge < -0.3 is 9.40 Å². The van der Waals surface area contributed by atoms with Crippen molar-refractivity contribution in [3.05, 3.63) is 41.5 Å². The number of oxazole rings is 1. The van der Waals surface area contributed by atoms with Crippen LogP contribution in [0.4, 0.5) is 5.69 Å². The first-order valence-electron chi connectivity index (χ1n) is 6.38. The van der Waals surface area contributed by atoms with Crippen LogP contribution < -0.4 is 4.72 Å². The maximum atomic E-state index is 12.3. The molecule has 0 atom stereocenters. The van der Waals surface area contributed by atoms with Gasteiger partial charge in [-0.25, -0.2) is 4.98 Å². The molecule has 0 saturated heterocycles. The van der Waals surface area contributed by atoms with Crippen molar-refractivity contribution in [1.82, 2.24) is 9.97 Å². The number of aromatic nitrogens is 2. The number of nitriles is 1. The average molecular weight is 316 g/mol. The van der Waals surface area contributed by atoms with Gasteiger partial charge in [0.05, 0.1) is 23.0 Å². The Morgan fingerprint density at radius 1 is 1.36 bits per heavy atom. The fraction of sp³-hybridized carbons (Fsp3) is 0.143. The maximum absolute atomic E-state index is 12.3. The molecule has 3 aromatic rings. The third-order valence-electron chi connectivity index (χ3n) is 3.27. The quantitative estimate of drug-likeness (QED) is 0.770. The molecule has 0 saturated carbocycles. The van der Waals surface area contributed by atoms with Gasteiger partial charge in [-0.2, -0.15) is 13.7 Å².